The zero-order chi connectivity index (χ0) is 22.5. The van der Waals surface area contributed by atoms with Crippen molar-refractivity contribution in [3.63, 3.8) is 0 Å². The molecule has 0 bridgehead atoms. The Hall–Kier alpha value is -2.62. The van der Waals surface area contributed by atoms with Gasteiger partial charge in [-0.15, -0.1) is 0 Å². The summed E-state index contributed by atoms with van der Waals surface area (Å²) in [7, 11) is -2.99. The summed E-state index contributed by atoms with van der Waals surface area (Å²) >= 11 is 6.11. The third kappa shape index (κ3) is 4.00. The van der Waals surface area contributed by atoms with E-state index in [1.54, 1.807) is 0 Å². The molecule has 2 N–H and O–H groups in total. The molecule has 1 fully saturated rings. The van der Waals surface area contributed by atoms with Crippen molar-refractivity contribution >= 4 is 33.2 Å². The minimum absolute atomic E-state index is 0.309. The fraction of sp³-hybridized carbons (Fsp3) is 0.353. The topological polar surface area (TPSA) is 117 Å². The Kier molecular flexibility index (Phi) is 5.34. The predicted octanol–water partition coefficient (Wildman–Crippen LogP) is 2.80. The maximum absolute atomic E-state index is 14.1. The molecule has 3 rings (SSSR count). The van der Waals surface area contributed by atoms with Gasteiger partial charge in [0.05, 0.1) is 10.7 Å². The number of sulfonamides is 1. The largest absolute Gasteiger partial charge is 0.344 e. The minimum Gasteiger partial charge on any atom is -0.344 e. The van der Waals surface area contributed by atoms with Crippen molar-refractivity contribution in [2.24, 2.45) is 7.05 Å². The van der Waals surface area contributed by atoms with E-state index in [-0.39, 0.29) is 11.4 Å². The molecule has 0 aliphatic heterocycles. The van der Waals surface area contributed by atoms with Crippen LogP contribution < -0.4 is 10.0 Å². The maximum Gasteiger partial charge on any atom is 0.273 e. The second-order valence-electron chi connectivity index (χ2n) is 7.23. The normalized spacial score (nSPS) is 17.1. The van der Waals surface area contributed by atoms with Gasteiger partial charge in [0.25, 0.3) is 11.8 Å². The minimum atomic E-state index is -4.33. The number of anilines is 1. The fourth-order valence-electron chi connectivity index (χ4n) is 3.36. The number of nitrogens with one attached hydrogen (secondary N) is 2. The molecule has 1 aliphatic rings. The van der Waals surface area contributed by atoms with Crippen molar-refractivity contribution in [3.05, 3.63) is 40.7 Å². The quantitative estimate of drug-likeness (QED) is 0.710. The number of carbonyl (C=O) groups excluding carboxylic acids is 1. The highest BCUT2D eigenvalue weighted by molar-refractivity contribution is 7.89. The third-order valence-corrected chi connectivity index (χ3v) is 6.66. The van der Waals surface area contributed by atoms with Gasteiger partial charge in [-0.1, -0.05) is 11.6 Å². The molecular formula is C17H15ClF3N5O3S. The number of alkyl halides is 2. The summed E-state index contributed by atoms with van der Waals surface area (Å²) in [6.07, 6.45) is 0.821. The van der Waals surface area contributed by atoms with Gasteiger partial charge in [-0.3, -0.25) is 4.79 Å². The first-order valence-electron chi connectivity index (χ1n) is 8.41. The fourth-order valence-corrected chi connectivity index (χ4v) is 5.46. The molecule has 160 valence electrons. The molecule has 8 nitrogen and oxygen atoms in total. The van der Waals surface area contributed by atoms with Crippen molar-refractivity contribution in [3.8, 4) is 6.07 Å². The number of nitriles is 1. The average Bonchev–Trinajstić information content (AvgIpc) is 2.89. The smallest absolute Gasteiger partial charge is 0.273 e. The first-order valence-corrected chi connectivity index (χ1v) is 10.3. The summed E-state index contributed by atoms with van der Waals surface area (Å²) < 4.78 is 69.1. The van der Waals surface area contributed by atoms with Crippen LogP contribution in [0.1, 0.15) is 35.9 Å². The lowest BCUT2D eigenvalue weighted by Gasteiger charge is -2.44. The van der Waals surface area contributed by atoms with Crippen LogP contribution in [0.25, 0.3) is 0 Å². The van der Waals surface area contributed by atoms with E-state index in [0.717, 1.165) is 23.0 Å². The first kappa shape index (κ1) is 22.1. The standard InChI is InChI=1S/C17H15ClF3N5O3S/c1-16(7-17(20,21)8-16)25-30(28,29)11-6-26(2)14(12(11)18)15(27)24-9-3-4-23-10(5-22)13(9)19/h3-4,6,25H,7-8H2,1-2H3,(H,23,24,27). The van der Waals surface area contributed by atoms with Gasteiger partial charge in [0.1, 0.15) is 16.7 Å². The molecule has 2 aromatic heterocycles. The van der Waals surface area contributed by atoms with Crippen LogP contribution in [0.2, 0.25) is 5.02 Å². The molecule has 1 aliphatic carbocycles. The molecule has 30 heavy (non-hydrogen) atoms. The Morgan fingerprint density at radius 1 is 1.40 bits per heavy atom. The molecule has 13 heteroatoms. The van der Waals surface area contributed by atoms with Crippen LogP contribution in [0.4, 0.5) is 18.9 Å². The van der Waals surface area contributed by atoms with E-state index in [0.29, 0.717) is 0 Å². The lowest BCUT2D eigenvalue weighted by Crippen LogP contribution is -2.60. The van der Waals surface area contributed by atoms with Crippen LogP contribution in [0.15, 0.2) is 23.4 Å². The molecule has 2 aromatic rings. The van der Waals surface area contributed by atoms with Crippen molar-refractivity contribution in [1.29, 1.82) is 5.26 Å². The van der Waals surface area contributed by atoms with E-state index in [4.69, 9.17) is 16.9 Å². The van der Waals surface area contributed by atoms with Crippen LogP contribution in [0.3, 0.4) is 0 Å². The second-order valence-corrected chi connectivity index (χ2v) is 9.26. The number of rotatable bonds is 5. The molecule has 0 atom stereocenters. The zero-order valence-corrected chi connectivity index (χ0v) is 17.2. The van der Waals surface area contributed by atoms with Crippen molar-refractivity contribution in [2.75, 3.05) is 5.32 Å². The lowest BCUT2D eigenvalue weighted by atomic mass is 9.76. The van der Waals surface area contributed by atoms with Crippen LogP contribution >= 0.6 is 11.6 Å². The molecule has 0 radical (unpaired) electrons. The first-order chi connectivity index (χ1) is 13.8. The molecule has 0 spiro atoms. The molecule has 0 aromatic carbocycles. The highest BCUT2D eigenvalue weighted by Gasteiger charge is 2.55. The number of aromatic nitrogens is 2. The Bertz CT molecular complexity index is 1180. The number of pyridine rings is 1. The highest BCUT2D eigenvalue weighted by atomic mass is 35.5. The van der Waals surface area contributed by atoms with E-state index in [1.807, 2.05) is 0 Å². The maximum atomic E-state index is 14.1. The predicted molar refractivity (Wildman–Crippen MR) is 100 cm³/mol. The SMILES string of the molecule is Cn1cc(S(=O)(=O)NC2(C)CC(F)(F)C2)c(Cl)c1C(=O)Nc1ccnc(C#N)c1F. The monoisotopic (exact) mass is 461 g/mol. The van der Waals surface area contributed by atoms with Crippen LogP contribution in [0.5, 0.6) is 0 Å². The van der Waals surface area contributed by atoms with E-state index in [9.17, 15) is 26.4 Å². The molecule has 2 heterocycles. The van der Waals surface area contributed by atoms with Gasteiger partial charge >= 0.3 is 0 Å². The zero-order valence-electron chi connectivity index (χ0n) is 15.6. The molecular weight excluding hydrogens is 447 g/mol. The van der Waals surface area contributed by atoms with E-state index in [1.165, 1.54) is 20.0 Å². The van der Waals surface area contributed by atoms with Crippen molar-refractivity contribution < 1.29 is 26.4 Å². The highest BCUT2D eigenvalue weighted by Crippen LogP contribution is 2.46. The number of halogens is 4. The van der Waals surface area contributed by atoms with E-state index >= 15 is 0 Å². The summed E-state index contributed by atoms with van der Waals surface area (Å²) in [4.78, 5) is 15.6. The average molecular weight is 462 g/mol. The summed E-state index contributed by atoms with van der Waals surface area (Å²) in [6.45, 7) is 1.34. The molecule has 0 unspecified atom stereocenters. The van der Waals surface area contributed by atoms with Gasteiger partial charge in [0.2, 0.25) is 10.0 Å². The lowest BCUT2D eigenvalue weighted by molar-refractivity contribution is -0.121. The molecule has 0 saturated heterocycles. The Morgan fingerprint density at radius 3 is 2.60 bits per heavy atom. The van der Waals surface area contributed by atoms with Gasteiger partial charge in [-0.25, -0.2) is 31.3 Å². The van der Waals surface area contributed by atoms with Crippen LogP contribution in [-0.2, 0) is 17.1 Å². The molecule has 1 amide bonds. The van der Waals surface area contributed by atoms with Gasteiger partial charge in [0.15, 0.2) is 11.5 Å². The second kappa shape index (κ2) is 7.26. The van der Waals surface area contributed by atoms with Gasteiger partial charge in [0, 0.05) is 37.8 Å². The number of aryl methyl sites for hydroxylation is 1. The van der Waals surface area contributed by atoms with Crippen molar-refractivity contribution in [1.82, 2.24) is 14.3 Å². The number of nitrogens with zero attached hydrogens (tertiary/aromatic N) is 3. The van der Waals surface area contributed by atoms with Crippen molar-refractivity contribution in [2.45, 2.75) is 36.1 Å². The van der Waals surface area contributed by atoms with E-state index < -0.39 is 61.7 Å². The number of carbonyl (C=O) groups is 1. The molecule has 1 saturated carbocycles. The summed E-state index contributed by atoms with van der Waals surface area (Å²) in [6, 6.07) is 2.64. The number of amides is 1. The third-order valence-electron chi connectivity index (χ3n) is 4.51. The summed E-state index contributed by atoms with van der Waals surface area (Å²) in [5.41, 5.74) is -2.55. The van der Waals surface area contributed by atoms with E-state index in [2.05, 4.69) is 15.0 Å². The summed E-state index contributed by atoms with van der Waals surface area (Å²) in [5.74, 6) is -4.97. The van der Waals surface area contributed by atoms with Gasteiger partial charge in [-0.05, 0) is 13.0 Å². The Morgan fingerprint density at radius 2 is 2.03 bits per heavy atom. The van der Waals surface area contributed by atoms with Gasteiger partial charge < -0.3 is 9.88 Å². The van der Waals surface area contributed by atoms with Crippen LogP contribution in [0, 0.1) is 17.1 Å². The Balaban J connectivity index is 1.89. The van der Waals surface area contributed by atoms with Crippen LogP contribution in [-0.4, -0.2) is 35.3 Å². The number of hydrogen-bond donors (Lipinski definition) is 2. The Labute approximate surface area is 174 Å². The summed E-state index contributed by atoms with van der Waals surface area (Å²) in [5, 5.41) is 10.6. The number of hydrogen-bond acceptors (Lipinski definition) is 5. The van der Waals surface area contributed by atoms with Gasteiger partial charge in [-0.2, -0.15) is 5.26 Å².